The summed E-state index contributed by atoms with van der Waals surface area (Å²) in [5.74, 6) is 0. The maximum atomic E-state index is 8.86. The second kappa shape index (κ2) is 4.65. The van der Waals surface area contributed by atoms with E-state index in [1.807, 2.05) is 4.90 Å². The number of likely N-dealkylation sites (tertiary alicyclic amines) is 2. The lowest BCUT2D eigenvalue weighted by atomic mass is 10.0. The van der Waals surface area contributed by atoms with E-state index in [2.05, 4.69) is 11.1 Å². The first-order valence-electron chi connectivity index (χ1n) is 5.79. The minimum atomic E-state index is 0.656. The molecule has 2 fully saturated rings. The summed E-state index contributed by atoms with van der Waals surface area (Å²) >= 11 is 0. The summed E-state index contributed by atoms with van der Waals surface area (Å²) in [6.45, 7) is 4.45. The molecule has 0 aromatic rings. The summed E-state index contributed by atoms with van der Waals surface area (Å²) in [6, 6.07) is 0.656. The summed E-state index contributed by atoms with van der Waals surface area (Å²) in [6.07, 6.45) is 8.85. The molecule has 14 heavy (non-hydrogen) atoms. The molecule has 2 heterocycles. The Balaban J connectivity index is 1.87. The van der Waals surface area contributed by atoms with Crippen molar-refractivity contribution >= 4 is 0 Å². The van der Waals surface area contributed by atoms with E-state index in [9.17, 15) is 0 Å². The van der Waals surface area contributed by atoms with Gasteiger partial charge in [0.25, 0.3) is 0 Å². The second-order valence-corrected chi connectivity index (χ2v) is 4.44. The Morgan fingerprint density at radius 3 is 2.50 bits per heavy atom. The van der Waals surface area contributed by atoms with Gasteiger partial charge in [-0.2, -0.15) is 5.26 Å². The van der Waals surface area contributed by atoms with Crippen LogP contribution in [0.1, 0.15) is 32.1 Å². The number of rotatable bonds is 1. The van der Waals surface area contributed by atoms with E-state index in [4.69, 9.17) is 5.26 Å². The zero-order chi connectivity index (χ0) is 9.80. The molecule has 3 nitrogen and oxygen atoms in total. The van der Waals surface area contributed by atoms with Crippen LogP contribution in [0.4, 0.5) is 0 Å². The Labute approximate surface area is 86.3 Å². The normalized spacial score (nSPS) is 29.9. The summed E-state index contributed by atoms with van der Waals surface area (Å²) in [7, 11) is 0. The molecular weight excluding hydrogens is 174 g/mol. The Morgan fingerprint density at radius 2 is 1.79 bits per heavy atom. The van der Waals surface area contributed by atoms with Crippen molar-refractivity contribution in [2.24, 2.45) is 0 Å². The first kappa shape index (κ1) is 9.79. The maximum Gasteiger partial charge on any atom is 0.179 e. The standard InChI is InChI=1S/C11H19N3/c12-10-13-6-4-5-11(9-13)14-7-2-1-3-8-14/h11H,1-9H2. The van der Waals surface area contributed by atoms with Crippen molar-refractivity contribution in [1.29, 1.82) is 5.26 Å². The molecule has 3 heteroatoms. The van der Waals surface area contributed by atoms with Gasteiger partial charge in [-0.05, 0) is 38.8 Å². The van der Waals surface area contributed by atoms with E-state index < -0.39 is 0 Å². The van der Waals surface area contributed by atoms with Crippen molar-refractivity contribution in [3.8, 4) is 6.19 Å². The molecule has 2 saturated heterocycles. The third-order valence-corrected chi connectivity index (χ3v) is 3.44. The average molecular weight is 193 g/mol. The van der Waals surface area contributed by atoms with E-state index in [1.54, 1.807) is 0 Å². The van der Waals surface area contributed by atoms with Gasteiger partial charge in [-0.15, -0.1) is 0 Å². The van der Waals surface area contributed by atoms with Crippen LogP contribution >= 0.6 is 0 Å². The fraction of sp³-hybridized carbons (Fsp3) is 0.909. The largest absolute Gasteiger partial charge is 0.309 e. The molecule has 0 bridgehead atoms. The van der Waals surface area contributed by atoms with Gasteiger partial charge in [0.1, 0.15) is 0 Å². The van der Waals surface area contributed by atoms with Crippen molar-refractivity contribution in [2.45, 2.75) is 38.1 Å². The third-order valence-electron chi connectivity index (χ3n) is 3.44. The lowest BCUT2D eigenvalue weighted by Gasteiger charge is -2.39. The lowest BCUT2D eigenvalue weighted by Crippen LogP contribution is -2.48. The summed E-state index contributed by atoms with van der Waals surface area (Å²) in [4.78, 5) is 4.51. The van der Waals surface area contributed by atoms with Gasteiger partial charge in [-0.1, -0.05) is 6.42 Å². The van der Waals surface area contributed by atoms with Crippen LogP contribution in [-0.4, -0.2) is 42.0 Å². The van der Waals surface area contributed by atoms with E-state index in [0.717, 1.165) is 13.1 Å². The third kappa shape index (κ3) is 2.19. The van der Waals surface area contributed by atoms with E-state index in [1.165, 1.54) is 45.2 Å². The Morgan fingerprint density at radius 1 is 1.00 bits per heavy atom. The molecule has 0 aliphatic carbocycles. The van der Waals surface area contributed by atoms with Crippen LogP contribution in [0.5, 0.6) is 0 Å². The van der Waals surface area contributed by atoms with E-state index in [0.29, 0.717) is 6.04 Å². The van der Waals surface area contributed by atoms with Crippen LogP contribution in [0, 0.1) is 11.5 Å². The van der Waals surface area contributed by atoms with Crippen molar-refractivity contribution in [2.75, 3.05) is 26.2 Å². The highest BCUT2D eigenvalue weighted by atomic mass is 15.2. The molecule has 1 unspecified atom stereocenters. The van der Waals surface area contributed by atoms with Gasteiger partial charge < -0.3 is 4.90 Å². The molecule has 0 amide bonds. The monoisotopic (exact) mass is 193 g/mol. The second-order valence-electron chi connectivity index (χ2n) is 4.44. The molecule has 2 aliphatic rings. The van der Waals surface area contributed by atoms with Crippen LogP contribution in [0.25, 0.3) is 0 Å². The number of nitrogens with zero attached hydrogens (tertiary/aromatic N) is 3. The molecule has 1 atom stereocenters. The highest BCUT2D eigenvalue weighted by molar-refractivity contribution is 4.87. The smallest absolute Gasteiger partial charge is 0.179 e. The molecular formula is C11H19N3. The van der Waals surface area contributed by atoms with Crippen LogP contribution in [0.15, 0.2) is 0 Å². The molecule has 78 valence electrons. The van der Waals surface area contributed by atoms with Gasteiger partial charge in [-0.3, -0.25) is 4.90 Å². The highest BCUT2D eigenvalue weighted by Crippen LogP contribution is 2.19. The highest BCUT2D eigenvalue weighted by Gasteiger charge is 2.25. The summed E-state index contributed by atoms with van der Waals surface area (Å²) < 4.78 is 0. The number of hydrogen-bond donors (Lipinski definition) is 0. The van der Waals surface area contributed by atoms with Gasteiger partial charge in [0.15, 0.2) is 6.19 Å². The molecule has 0 aromatic carbocycles. The molecule has 2 aliphatic heterocycles. The molecule has 0 spiro atoms. The number of piperidine rings is 2. The zero-order valence-electron chi connectivity index (χ0n) is 8.78. The van der Waals surface area contributed by atoms with Gasteiger partial charge in [-0.25, -0.2) is 0 Å². The van der Waals surface area contributed by atoms with Crippen LogP contribution in [0.2, 0.25) is 0 Å². The van der Waals surface area contributed by atoms with E-state index >= 15 is 0 Å². The predicted molar refractivity (Wildman–Crippen MR) is 55.6 cm³/mol. The predicted octanol–water partition coefficient (Wildman–Crippen LogP) is 1.42. The van der Waals surface area contributed by atoms with E-state index in [-0.39, 0.29) is 0 Å². The zero-order valence-corrected chi connectivity index (χ0v) is 8.78. The molecule has 0 aromatic heterocycles. The van der Waals surface area contributed by atoms with Crippen molar-refractivity contribution in [3.05, 3.63) is 0 Å². The van der Waals surface area contributed by atoms with Gasteiger partial charge in [0, 0.05) is 19.1 Å². The Hall–Kier alpha value is -0.750. The molecule has 0 radical (unpaired) electrons. The van der Waals surface area contributed by atoms with Gasteiger partial charge in [0.05, 0.1) is 0 Å². The minimum Gasteiger partial charge on any atom is -0.309 e. The molecule has 2 rings (SSSR count). The quantitative estimate of drug-likeness (QED) is 0.590. The van der Waals surface area contributed by atoms with Crippen LogP contribution in [0.3, 0.4) is 0 Å². The minimum absolute atomic E-state index is 0.656. The van der Waals surface area contributed by atoms with Gasteiger partial charge in [0.2, 0.25) is 0 Å². The van der Waals surface area contributed by atoms with Crippen molar-refractivity contribution in [3.63, 3.8) is 0 Å². The average Bonchev–Trinajstić information content (AvgIpc) is 2.30. The fourth-order valence-electron chi connectivity index (χ4n) is 2.63. The molecule has 0 saturated carbocycles. The van der Waals surface area contributed by atoms with Crippen LogP contribution in [-0.2, 0) is 0 Å². The molecule has 0 N–H and O–H groups in total. The Kier molecular flexibility index (Phi) is 3.26. The van der Waals surface area contributed by atoms with Crippen LogP contribution < -0.4 is 0 Å². The summed E-state index contributed by atoms with van der Waals surface area (Å²) in [5.41, 5.74) is 0. The number of nitriles is 1. The first-order chi connectivity index (χ1) is 6.90. The first-order valence-corrected chi connectivity index (χ1v) is 5.79. The van der Waals surface area contributed by atoms with Gasteiger partial charge >= 0.3 is 0 Å². The Bertz CT molecular complexity index is 215. The number of hydrogen-bond acceptors (Lipinski definition) is 3. The van der Waals surface area contributed by atoms with Crippen molar-refractivity contribution in [1.82, 2.24) is 9.80 Å². The maximum absolute atomic E-state index is 8.86. The SMILES string of the molecule is N#CN1CCCC(N2CCCCC2)C1. The van der Waals surface area contributed by atoms with Crippen molar-refractivity contribution < 1.29 is 0 Å². The summed E-state index contributed by atoms with van der Waals surface area (Å²) in [5, 5.41) is 8.86. The topological polar surface area (TPSA) is 30.3 Å². The lowest BCUT2D eigenvalue weighted by molar-refractivity contribution is 0.106. The fourth-order valence-corrected chi connectivity index (χ4v) is 2.63.